The number of benzene rings is 2. The molecule has 2 aromatic rings. The minimum atomic E-state index is -5.08. The molecule has 0 radical (unpaired) electrons. The first-order chi connectivity index (χ1) is 19.3. The maximum absolute atomic E-state index is 13.3. The number of carbonyl (C=O) groups excluding carboxylic acids is 2. The van der Waals surface area contributed by atoms with Crippen molar-refractivity contribution in [2.24, 2.45) is 5.73 Å². The molecule has 4 N–H and O–H groups in total. The highest BCUT2D eigenvalue weighted by atomic mass is 35.5. The maximum atomic E-state index is 13.3. The Morgan fingerprint density at radius 1 is 1.10 bits per heavy atom. The van der Waals surface area contributed by atoms with Gasteiger partial charge in [-0.3, -0.25) is 14.5 Å². The summed E-state index contributed by atoms with van der Waals surface area (Å²) in [4.78, 5) is 39.0. The minimum absolute atomic E-state index is 0.0305. The third kappa shape index (κ3) is 10.6. The van der Waals surface area contributed by atoms with Gasteiger partial charge in [0.1, 0.15) is 5.82 Å². The molecule has 226 valence electrons. The van der Waals surface area contributed by atoms with Gasteiger partial charge in [0.15, 0.2) is 0 Å². The van der Waals surface area contributed by atoms with Crippen molar-refractivity contribution in [3.63, 3.8) is 0 Å². The van der Waals surface area contributed by atoms with E-state index in [1.54, 1.807) is 19.2 Å². The van der Waals surface area contributed by atoms with Crippen LogP contribution in [0.2, 0.25) is 5.02 Å². The molecule has 8 nitrogen and oxygen atoms in total. The lowest BCUT2D eigenvalue weighted by Crippen LogP contribution is -2.62. The Bertz CT molecular complexity index is 1170. The predicted molar refractivity (Wildman–Crippen MR) is 147 cm³/mol. The van der Waals surface area contributed by atoms with Crippen molar-refractivity contribution < 1.29 is 37.1 Å². The van der Waals surface area contributed by atoms with Crippen LogP contribution in [0.4, 0.5) is 17.6 Å². The lowest BCUT2D eigenvalue weighted by atomic mass is 9.98. The van der Waals surface area contributed by atoms with Crippen molar-refractivity contribution in [3.05, 3.63) is 70.5 Å². The van der Waals surface area contributed by atoms with Crippen molar-refractivity contribution in [1.29, 1.82) is 0 Å². The van der Waals surface area contributed by atoms with Gasteiger partial charge < -0.3 is 21.1 Å². The number of nitrogens with one attached hydrogen (secondary N) is 1. The van der Waals surface area contributed by atoms with Crippen LogP contribution in [0.1, 0.15) is 30.9 Å². The fourth-order valence-corrected chi connectivity index (χ4v) is 4.86. The van der Waals surface area contributed by atoms with E-state index >= 15 is 0 Å². The molecule has 3 rings (SSSR count). The minimum Gasteiger partial charge on any atom is -0.475 e. The number of likely N-dealkylation sites (N-methyl/N-ethyl adjacent to an activating group) is 1. The number of hydrogen-bond acceptors (Lipinski definition) is 5. The number of hydrogen-bond donors (Lipinski definition) is 3. The molecule has 3 unspecified atom stereocenters. The van der Waals surface area contributed by atoms with Crippen LogP contribution < -0.4 is 11.1 Å². The molecule has 2 aromatic carbocycles. The summed E-state index contributed by atoms with van der Waals surface area (Å²) in [7, 11) is 1.64. The first kappa shape index (κ1) is 34.0. The van der Waals surface area contributed by atoms with Gasteiger partial charge in [-0.05, 0) is 54.7 Å². The summed E-state index contributed by atoms with van der Waals surface area (Å²) in [5.74, 6) is -3.23. The summed E-state index contributed by atoms with van der Waals surface area (Å²) >= 11 is 6.15. The molecule has 1 aliphatic heterocycles. The summed E-state index contributed by atoms with van der Waals surface area (Å²) in [6.07, 6.45) is -2.46. The number of carboxylic acids is 1. The first-order valence-electron chi connectivity index (χ1n) is 13.1. The van der Waals surface area contributed by atoms with Crippen LogP contribution in [0.15, 0.2) is 48.5 Å². The number of nitrogens with zero attached hydrogens (tertiary/aromatic N) is 2. The fraction of sp³-hybridized carbons (Fsp3) is 0.464. The van der Waals surface area contributed by atoms with E-state index in [1.807, 2.05) is 29.2 Å². The molecule has 1 aliphatic rings. The Balaban J connectivity index is 0.000000745. The molecule has 2 amide bonds. The van der Waals surface area contributed by atoms with Crippen LogP contribution in [0.3, 0.4) is 0 Å². The van der Waals surface area contributed by atoms with Crippen molar-refractivity contribution >= 4 is 29.4 Å². The van der Waals surface area contributed by atoms with Crippen LogP contribution in [0.25, 0.3) is 0 Å². The number of carboxylic acid groups (broad SMARTS) is 1. The molecule has 0 aliphatic carbocycles. The zero-order chi connectivity index (χ0) is 30.7. The molecule has 3 atom stereocenters. The molecule has 0 bridgehead atoms. The molecular weight excluding hydrogens is 568 g/mol. The van der Waals surface area contributed by atoms with E-state index in [1.165, 1.54) is 12.1 Å². The van der Waals surface area contributed by atoms with Gasteiger partial charge in [-0.25, -0.2) is 9.18 Å². The molecule has 1 saturated heterocycles. The lowest BCUT2D eigenvalue weighted by Gasteiger charge is -2.44. The second-order valence-corrected chi connectivity index (χ2v) is 10.1. The lowest BCUT2D eigenvalue weighted by molar-refractivity contribution is -0.192. The maximum Gasteiger partial charge on any atom is 0.490 e. The SMILES string of the molecule is CCCC1CN(C(Cc2cccc(Cl)c2)C(=O)NC)CCN1C(=O)C(N)Cc1ccc(F)cc1.O=C(O)C(F)(F)F. The topological polar surface area (TPSA) is 116 Å². The quantitative estimate of drug-likeness (QED) is 0.378. The van der Waals surface area contributed by atoms with Gasteiger partial charge in [-0.15, -0.1) is 0 Å². The van der Waals surface area contributed by atoms with E-state index in [0.717, 1.165) is 24.0 Å². The van der Waals surface area contributed by atoms with Gasteiger partial charge in [-0.2, -0.15) is 13.2 Å². The third-order valence-electron chi connectivity index (χ3n) is 6.66. The highest BCUT2D eigenvalue weighted by Crippen LogP contribution is 2.22. The van der Waals surface area contributed by atoms with E-state index in [2.05, 4.69) is 17.1 Å². The van der Waals surface area contributed by atoms with Gasteiger partial charge in [0.2, 0.25) is 11.8 Å². The van der Waals surface area contributed by atoms with Crippen molar-refractivity contribution in [2.75, 3.05) is 26.7 Å². The molecule has 13 heteroatoms. The van der Waals surface area contributed by atoms with Crippen LogP contribution >= 0.6 is 11.6 Å². The molecule has 0 spiro atoms. The standard InChI is InChI=1S/C26H34ClFN4O2.C2HF3O2/c1-3-5-22-17-31(24(25(33)30-2)16-19-6-4-7-20(27)14-19)12-13-32(22)26(34)23(29)15-18-8-10-21(28)11-9-18;3-2(4,5)1(6)7/h4,6-11,14,22-24H,3,5,12-13,15-17,29H2,1-2H3,(H,30,33);(H,6,7). The normalized spacial score (nSPS) is 17.2. The summed E-state index contributed by atoms with van der Waals surface area (Å²) < 4.78 is 44.9. The Labute approximate surface area is 241 Å². The van der Waals surface area contributed by atoms with E-state index in [0.29, 0.717) is 37.5 Å². The Morgan fingerprint density at radius 3 is 2.27 bits per heavy atom. The second-order valence-electron chi connectivity index (χ2n) is 9.67. The number of rotatable bonds is 9. The largest absolute Gasteiger partial charge is 0.490 e. The summed E-state index contributed by atoms with van der Waals surface area (Å²) in [6, 6.07) is 12.6. The van der Waals surface area contributed by atoms with Gasteiger partial charge in [0.05, 0.1) is 12.1 Å². The highest BCUT2D eigenvalue weighted by Gasteiger charge is 2.38. The molecule has 1 heterocycles. The number of nitrogens with two attached hydrogens (primary N) is 1. The first-order valence-corrected chi connectivity index (χ1v) is 13.4. The number of piperazine rings is 1. The van der Waals surface area contributed by atoms with Crippen LogP contribution in [-0.4, -0.2) is 83.7 Å². The Morgan fingerprint density at radius 2 is 1.73 bits per heavy atom. The van der Waals surface area contributed by atoms with Crippen LogP contribution in [0, 0.1) is 5.82 Å². The van der Waals surface area contributed by atoms with E-state index in [4.69, 9.17) is 27.2 Å². The second kappa shape index (κ2) is 15.7. The summed E-state index contributed by atoms with van der Waals surface area (Å²) in [5.41, 5.74) is 8.10. The van der Waals surface area contributed by atoms with Gasteiger partial charge in [0.25, 0.3) is 0 Å². The smallest absolute Gasteiger partial charge is 0.475 e. The van der Waals surface area contributed by atoms with Crippen molar-refractivity contribution in [3.8, 4) is 0 Å². The Hall–Kier alpha value is -3.22. The van der Waals surface area contributed by atoms with E-state index in [-0.39, 0.29) is 29.7 Å². The van der Waals surface area contributed by atoms with Crippen molar-refractivity contribution in [1.82, 2.24) is 15.1 Å². The van der Waals surface area contributed by atoms with Gasteiger partial charge in [0, 0.05) is 37.7 Å². The molecule has 1 fully saturated rings. The summed E-state index contributed by atoms with van der Waals surface area (Å²) in [6.45, 7) is 3.77. The zero-order valence-electron chi connectivity index (χ0n) is 22.8. The third-order valence-corrected chi connectivity index (χ3v) is 6.89. The average Bonchev–Trinajstić information content (AvgIpc) is 2.92. The predicted octanol–water partition coefficient (Wildman–Crippen LogP) is 3.65. The number of aliphatic carboxylic acids is 1. The van der Waals surface area contributed by atoms with E-state index in [9.17, 15) is 27.2 Å². The fourth-order valence-electron chi connectivity index (χ4n) is 4.65. The van der Waals surface area contributed by atoms with Crippen LogP contribution in [0.5, 0.6) is 0 Å². The summed E-state index contributed by atoms with van der Waals surface area (Å²) in [5, 5.41) is 10.6. The van der Waals surface area contributed by atoms with E-state index < -0.39 is 18.2 Å². The average molecular weight is 603 g/mol. The van der Waals surface area contributed by atoms with Gasteiger partial charge in [-0.1, -0.05) is 49.2 Å². The monoisotopic (exact) mass is 602 g/mol. The number of carbonyl (C=O) groups is 3. The van der Waals surface area contributed by atoms with Crippen molar-refractivity contribution in [2.45, 2.75) is 56.9 Å². The Kier molecular flexibility index (Phi) is 13.0. The van der Waals surface area contributed by atoms with Crippen LogP contribution in [-0.2, 0) is 27.2 Å². The zero-order valence-corrected chi connectivity index (χ0v) is 23.6. The molecule has 41 heavy (non-hydrogen) atoms. The van der Waals surface area contributed by atoms with Gasteiger partial charge >= 0.3 is 12.1 Å². The molecular formula is C28H35ClF4N4O4. The number of amides is 2. The number of halogens is 5. The highest BCUT2D eigenvalue weighted by molar-refractivity contribution is 6.30. The molecule has 0 saturated carbocycles. The number of alkyl halides is 3. The molecule has 0 aromatic heterocycles.